The van der Waals surface area contributed by atoms with Crippen molar-refractivity contribution in [2.24, 2.45) is 7.05 Å². The quantitative estimate of drug-likeness (QED) is 0.539. The Labute approximate surface area is 136 Å². The van der Waals surface area contributed by atoms with E-state index < -0.39 is 4.92 Å². The molecule has 3 aromatic rings. The molecule has 118 valence electrons. The molecule has 0 aliphatic heterocycles. The molecule has 2 aromatic heterocycles. The maximum atomic E-state index is 11.3. The van der Waals surface area contributed by atoms with Gasteiger partial charge in [-0.3, -0.25) is 10.1 Å². The molecule has 1 aromatic carbocycles. The predicted molar refractivity (Wildman–Crippen MR) is 84.8 cm³/mol. The van der Waals surface area contributed by atoms with Crippen LogP contribution in [-0.4, -0.2) is 29.5 Å². The fraction of sp³-hybridized carbons (Fsp3) is 0.214. The number of aromatic nitrogens is 5. The Morgan fingerprint density at radius 2 is 2.04 bits per heavy atom. The topological polar surface area (TPSA) is 91.7 Å². The van der Waals surface area contributed by atoms with E-state index in [9.17, 15) is 10.1 Å². The normalized spacial score (nSPS) is 10.9. The zero-order valence-corrected chi connectivity index (χ0v) is 13.6. The van der Waals surface area contributed by atoms with Gasteiger partial charge in [-0.2, -0.15) is 5.10 Å². The first-order chi connectivity index (χ1) is 11.0. The molecule has 0 saturated carbocycles. The van der Waals surface area contributed by atoms with E-state index in [0.717, 1.165) is 16.3 Å². The Hall–Kier alpha value is -2.68. The second kappa shape index (κ2) is 5.84. The Morgan fingerprint density at radius 3 is 2.61 bits per heavy atom. The number of nitrogens with zero attached hydrogens (tertiary/aromatic N) is 6. The molecule has 3 rings (SSSR count). The van der Waals surface area contributed by atoms with E-state index in [0.29, 0.717) is 10.8 Å². The van der Waals surface area contributed by atoms with E-state index in [1.807, 2.05) is 27.0 Å². The number of hydrogen-bond donors (Lipinski definition) is 0. The van der Waals surface area contributed by atoms with Crippen molar-refractivity contribution in [3.05, 3.63) is 52.1 Å². The van der Waals surface area contributed by atoms with Crippen molar-refractivity contribution in [2.45, 2.75) is 23.9 Å². The average Bonchev–Trinajstić information content (AvgIpc) is 3.04. The van der Waals surface area contributed by atoms with Crippen LogP contribution < -0.4 is 0 Å². The number of aryl methyl sites for hydroxylation is 3. The van der Waals surface area contributed by atoms with Gasteiger partial charge in [0.2, 0.25) is 0 Å². The Balaban J connectivity index is 2.08. The van der Waals surface area contributed by atoms with Crippen molar-refractivity contribution in [3.8, 4) is 5.69 Å². The lowest BCUT2D eigenvalue weighted by atomic mass is 10.2. The largest absolute Gasteiger partial charge is 0.311 e. The molecule has 0 aliphatic rings. The van der Waals surface area contributed by atoms with Gasteiger partial charge in [0.15, 0.2) is 5.16 Å². The molecule has 0 saturated heterocycles. The molecule has 0 unspecified atom stereocenters. The van der Waals surface area contributed by atoms with Gasteiger partial charge in [0, 0.05) is 23.7 Å². The summed E-state index contributed by atoms with van der Waals surface area (Å²) in [7, 11) is 1.84. The lowest BCUT2D eigenvalue weighted by Crippen LogP contribution is -2.04. The van der Waals surface area contributed by atoms with Crippen molar-refractivity contribution in [3.63, 3.8) is 0 Å². The summed E-state index contributed by atoms with van der Waals surface area (Å²) in [6.07, 6.45) is 1.61. The van der Waals surface area contributed by atoms with Gasteiger partial charge in [-0.05, 0) is 43.8 Å². The number of benzene rings is 1. The molecule has 0 spiro atoms. The van der Waals surface area contributed by atoms with Crippen LogP contribution in [0.25, 0.3) is 5.69 Å². The highest BCUT2D eigenvalue weighted by molar-refractivity contribution is 7.99. The first-order valence-electron chi connectivity index (χ1n) is 6.79. The minimum Gasteiger partial charge on any atom is -0.311 e. The summed E-state index contributed by atoms with van der Waals surface area (Å²) in [5.74, 6) is 0. The van der Waals surface area contributed by atoms with E-state index in [2.05, 4.69) is 15.3 Å². The monoisotopic (exact) mass is 330 g/mol. The second-order valence-corrected chi connectivity index (χ2v) is 6.11. The molecule has 0 aliphatic carbocycles. The first-order valence-corrected chi connectivity index (χ1v) is 7.61. The summed E-state index contributed by atoms with van der Waals surface area (Å²) < 4.78 is 3.38. The third-order valence-electron chi connectivity index (χ3n) is 3.26. The van der Waals surface area contributed by atoms with Crippen molar-refractivity contribution >= 4 is 17.4 Å². The maximum absolute atomic E-state index is 11.3. The van der Waals surface area contributed by atoms with Gasteiger partial charge in [-0.25, -0.2) is 4.68 Å². The van der Waals surface area contributed by atoms with Crippen LogP contribution in [0.4, 0.5) is 5.69 Å². The molecule has 0 atom stereocenters. The van der Waals surface area contributed by atoms with Gasteiger partial charge in [0.25, 0.3) is 5.69 Å². The van der Waals surface area contributed by atoms with E-state index in [1.54, 1.807) is 27.7 Å². The van der Waals surface area contributed by atoms with Gasteiger partial charge in [-0.1, -0.05) is 0 Å². The molecule has 0 bridgehead atoms. The van der Waals surface area contributed by atoms with Crippen LogP contribution in [0.3, 0.4) is 0 Å². The van der Waals surface area contributed by atoms with Gasteiger partial charge >= 0.3 is 0 Å². The molecular formula is C14H14N6O2S. The first kappa shape index (κ1) is 15.2. The maximum Gasteiger partial charge on any atom is 0.294 e. The van der Waals surface area contributed by atoms with Gasteiger partial charge in [0.1, 0.15) is 12.0 Å². The van der Waals surface area contributed by atoms with Crippen molar-refractivity contribution < 1.29 is 4.92 Å². The Morgan fingerprint density at radius 1 is 1.26 bits per heavy atom. The minimum atomic E-state index is -0.400. The molecule has 2 heterocycles. The molecule has 0 amide bonds. The van der Waals surface area contributed by atoms with Gasteiger partial charge in [-0.15, -0.1) is 10.2 Å². The average molecular weight is 330 g/mol. The molecule has 0 fully saturated rings. The lowest BCUT2D eigenvalue weighted by molar-refractivity contribution is -0.384. The number of hydrogen-bond acceptors (Lipinski definition) is 6. The van der Waals surface area contributed by atoms with Crippen LogP contribution in [0.15, 0.2) is 40.6 Å². The molecule has 0 radical (unpaired) electrons. The van der Waals surface area contributed by atoms with Gasteiger partial charge in [0.05, 0.1) is 10.6 Å². The van der Waals surface area contributed by atoms with Crippen LogP contribution in [0, 0.1) is 24.0 Å². The molecule has 23 heavy (non-hydrogen) atoms. The summed E-state index contributed by atoms with van der Waals surface area (Å²) in [6.45, 7) is 3.72. The zero-order chi connectivity index (χ0) is 16.6. The van der Waals surface area contributed by atoms with E-state index in [4.69, 9.17) is 0 Å². The van der Waals surface area contributed by atoms with E-state index in [-0.39, 0.29) is 5.69 Å². The fourth-order valence-electron chi connectivity index (χ4n) is 2.23. The SMILES string of the molecule is Cc1cc(C)n(-c2cc(Sc3nncn3C)ccc2[N+](=O)[O-])n1. The Kier molecular flexibility index (Phi) is 3.87. The van der Waals surface area contributed by atoms with Crippen LogP contribution >= 0.6 is 11.8 Å². The standard InChI is InChI=1S/C14H14N6O2S/c1-9-6-10(2)19(17-9)13-7-11(4-5-12(13)20(21)22)23-14-16-15-8-18(14)3/h4-8H,1-3H3. The van der Waals surface area contributed by atoms with Crippen LogP contribution in [0.2, 0.25) is 0 Å². The third-order valence-corrected chi connectivity index (χ3v) is 4.30. The van der Waals surface area contributed by atoms with E-state index >= 15 is 0 Å². The van der Waals surface area contributed by atoms with Crippen LogP contribution in [0.1, 0.15) is 11.4 Å². The minimum absolute atomic E-state index is 0.0125. The van der Waals surface area contributed by atoms with Crippen molar-refractivity contribution in [1.82, 2.24) is 24.5 Å². The third kappa shape index (κ3) is 2.95. The molecular weight excluding hydrogens is 316 g/mol. The summed E-state index contributed by atoms with van der Waals surface area (Å²) in [6, 6.07) is 6.82. The molecule has 8 nitrogen and oxygen atoms in total. The summed E-state index contributed by atoms with van der Waals surface area (Å²) in [4.78, 5) is 11.8. The molecule has 0 N–H and O–H groups in total. The zero-order valence-electron chi connectivity index (χ0n) is 12.8. The fourth-order valence-corrected chi connectivity index (χ4v) is 3.03. The Bertz CT molecular complexity index is 885. The summed E-state index contributed by atoms with van der Waals surface area (Å²) in [5, 5.41) is 24.2. The summed E-state index contributed by atoms with van der Waals surface area (Å²) in [5.41, 5.74) is 2.10. The number of rotatable bonds is 4. The highest BCUT2D eigenvalue weighted by atomic mass is 32.2. The second-order valence-electron chi connectivity index (χ2n) is 5.07. The lowest BCUT2D eigenvalue weighted by Gasteiger charge is -2.08. The van der Waals surface area contributed by atoms with Crippen molar-refractivity contribution in [1.29, 1.82) is 0 Å². The van der Waals surface area contributed by atoms with E-state index in [1.165, 1.54) is 17.8 Å². The number of nitro benzene ring substituents is 1. The highest BCUT2D eigenvalue weighted by Crippen LogP contribution is 2.32. The van der Waals surface area contributed by atoms with Crippen LogP contribution in [0.5, 0.6) is 0 Å². The van der Waals surface area contributed by atoms with Crippen LogP contribution in [-0.2, 0) is 7.05 Å². The number of nitro groups is 1. The predicted octanol–water partition coefficient (Wildman–Crippen LogP) is 2.68. The molecule has 9 heteroatoms. The smallest absolute Gasteiger partial charge is 0.294 e. The van der Waals surface area contributed by atoms with Gasteiger partial charge < -0.3 is 4.57 Å². The van der Waals surface area contributed by atoms with Crippen molar-refractivity contribution in [2.75, 3.05) is 0 Å². The summed E-state index contributed by atoms with van der Waals surface area (Å²) >= 11 is 1.39. The highest BCUT2D eigenvalue weighted by Gasteiger charge is 2.19.